The van der Waals surface area contributed by atoms with Crippen molar-refractivity contribution in [1.82, 2.24) is 0 Å². The molecule has 2 nitrogen and oxygen atoms in total. The molecule has 0 spiro atoms. The molecule has 0 unspecified atom stereocenters. The van der Waals surface area contributed by atoms with Gasteiger partial charge in [-0.3, -0.25) is 0 Å². The molecule has 0 amide bonds. The van der Waals surface area contributed by atoms with E-state index < -0.39 is 5.97 Å². The Balaban J connectivity index is 1.95. The minimum absolute atomic E-state index is 0.912. The highest BCUT2D eigenvalue weighted by molar-refractivity contribution is 7.98. The van der Waals surface area contributed by atoms with E-state index in [1.54, 1.807) is 29.2 Å². The largest absolute Gasteiger partial charge is 0.478 e. The molecule has 0 aliphatic heterocycles. The number of aryl methyl sites for hydroxylation is 1. The second-order valence-electron chi connectivity index (χ2n) is 4.08. The summed E-state index contributed by atoms with van der Waals surface area (Å²) >= 11 is 3.42. The number of carbonyl (C=O) groups is 1. The Morgan fingerprint density at radius 1 is 1.37 bits per heavy atom. The van der Waals surface area contributed by atoms with Crippen LogP contribution < -0.4 is 0 Å². The van der Waals surface area contributed by atoms with Crippen LogP contribution in [-0.4, -0.2) is 11.1 Å². The Morgan fingerprint density at radius 2 is 2.21 bits per heavy atom. The smallest absolute Gasteiger partial charge is 0.328 e. The minimum atomic E-state index is -0.913. The first-order valence-electron chi connectivity index (χ1n) is 5.83. The number of hydrogen-bond acceptors (Lipinski definition) is 3. The fraction of sp³-hybridized carbons (Fsp3) is 0.133. The maximum Gasteiger partial charge on any atom is 0.328 e. The number of carboxylic acid groups (broad SMARTS) is 1. The molecule has 0 bridgehead atoms. The number of carboxylic acids is 1. The monoisotopic (exact) mass is 290 g/mol. The van der Waals surface area contributed by atoms with E-state index in [1.807, 2.05) is 6.07 Å². The molecule has 2 aromatic rings. The van der Waals surface area contributed by atoms with Crippen molar-refractivity contribution >= 4 is 35.1 Å². The van der Waals surface area contributed by atoms with Gasteiger partial charge in [-0.2, -0.15) is 0 Å². The fourth-order valence-electron chi connectivity index (χ4n) is 1.57. The van der Waals surface area contributed by atoms with Gasteiger partial charge in [-0.05, 0) is 37.3 Å². The molecule has 1 aromatic heterocycles. The molecular weight excluding hydrogens is 276 g/mol. The highest BCUT2D eigenvalue weighted by Crippen LogP contribution is 2.27. The van der Waals surface area contributed by atoms with Crippen LogP contribution in [0.2, 0.25) is 0 Å². The minimum Gasteiger partial charge on any atom is -0.478 e. The first kappa shape index (κ1) is 13.9. The summed E-state index contributed by atoms with van der Waals surface area (Å²) in [5.41, 5.74) is 1.27. The van der Waals surface area contributed by atoms with Gasteiger partial charge in [0.15, 0.2) is 0 Å². The second-order valence-corrected chi connectivity index (χ2v) is 6.33. The molecule has 0 saturated carbocycles. The summed E-state index contributed by atoms with van der Waals surface area (Å²) in [6, 6.07) is 12.4. The van der Waals surface area contributed by atoms with E-state index in [0.717, 1.165) is 10.6 Å². The average Bonchev–Trinajstić information content (AvgIpc) is 2.82. The highest BCUT2D eigenvalue weighted by Gasteiger charge is 2.00. The lowest BCUT2D eigenvalue weighted by Gasteiger charge is -2.00. The molecule has 2 rings (SSSR count). The maximum absolute atomic E-state index is 10.4. The van der Waals surface area contributed by atoms with Crippen molar-refractivity contribution in [3.63, 3.8) is 0 Å². The molecular formula is C15H14O2S2. The molecule has 4 heteroatoms. The number of benzene rings is 1. The quantitative estimate of drug-likeness (QED) is 0.653. The van der Waals surface area contributed by atoms with Gasteiger partial charge in [0.25, 0.3) is 0 Å². The van der Waals surface area contributed by atoms with Gasteiger partial charge in [0.05, 0.1) is 0 Å². The van der Waals surface area contributed by atoms with E-state index in [0.29, 0.717) is 0 Å². The van der Waals surface area contributed by atoms with Gasteiger partial charge in [0, 0.05) is 26.5 Å². The second kappa shape index (κ2) is 6.59. The summed E-state index contributed by atoms with van der Waals surface area (Å²) in [7, 11) is 0. The van der Waals surface area contributed by atoms with Crippen molar-refractivity contribution in [3.8, 4) is 0 Å². The Bertz CT molecular complexity index is 600. The van der Waals surface area contributed by atoms with Crippen LogP contribution in [0.4, 0.5) is 0 Å². The van der Waals surface area contributed by atoms with Gasteiger partial charge in [-0.1, -0.05) is 17.7 Å². The van der Waals surface area contributed by atoms with Gasteiger partial charge in [0.1, 0.15) is 0 Å². The summed E-state index contributed by atoms with van der Waals surface area (Å²) in [5.74, 6) is -0.00115. The van der Waals surface area contributed by atoms with Crippen LogP contribution in [0.5, 0.6) is 0 Å². The molecule has 0 fully saturated rings. The fourth-order valence-corrected chi connectivity index (χ4v) is 3.55. The molecule has 19 heavy (non-hydrogen) atoms. The van der Waals surface area contributed by atoms with Crippen molar-refractivity contribution < 1.29 is 9.90 Å². The Hall–Kier alpha value is -1.52. The third kappa shape index (κ3) is 4.58. The van der Waals surface area contributed by atoms with E-state index in [9.17, 15) is 4.79 Å². The number of hydrogen-bond donors (Lipinski definition) is 1. The first-order chi connectivity index (χ1) is 9.13. The van der Waals surface area contributed by atoms with Crippen molar-refractivity contribution in [2.24, 2.45) is 0 Å². The zero-order chi connectivity index (χ0) is 13.7. The normalized spacial score (nSPS) is 11.0. The standard InChI is InChI=1S/C15H14O2S2/c1-11-3-2-4-13(9-11)18-10-14-6-5-12(19-14)7-8-15(16)17/h2-9H,10H2,1H3,(H,16,17). The van der Waals surface area contributed by atoms with Gasteiger partial charge >= 0.3 is 5.97 Å². The summed E-state index contributed by atoms with van der Waals surface area (Å²) in [6.45, 7) is 2.09. The van der Waals surface area contributed by atoms with Crippen LogP contribution >= 0.6 is 23.1 Å². The number of aliphatic carboxylic acids is 1. The van der Waals surface area contributed by atoms with E-state index in [2.05, 4.69) is 37.3 Å². The number of rotatable bonds is 5. The van der Waals surface area contributed by atoms with Crippen LogP contribution in [0.3, 0.4) is 0 Å². The first-order valence-corrected chi connectivity index (χ1v) is 7.63. The van der Waals surface area contributed by atoms with Crippen LogP contribution in [0, 0.1) is 6.92 Å². The van der Waals surface area contributed by atoms with Crippen LogP contribution in [-0.2, 0) is 10.5 Å². The van der Waals surface area contributed by atoms with Crippen molar-refractivity contribution in [2.45, 2.75) is 17.6 Å². The molecule has 0 saturated heterocycles. The molecule has 98 valence electrons. The Kier molecular flexibility index (Phi) is 4.82. The lowest BCUT2D eigenvalue weighted by Crippen LogP contribution is -1.84. The van der Waals surface area contributed by atoms with Crippen LogP contribution in [0.15, 0.2) is 47.4 Å². The van der Waals surface area contributed by atoms with Gasteiger partial charge in [-0.15, -0.1) is 23.1 Å². The molecule has 0 aliphatic rings. The maximum atomic E-state index is 10.4. The van der Waals surface area contributed by atoms with E-state index in [-0.39, 0.29) is 0 Å². The van der Waals surface area contributed by atoms with Gasteiger partial charge in [-0.25, -0.2) is 4.79 Å². The third-order valence-electron chi connectivity index (χ3n) is 2.44. The molecule has 1 aromatic carbocycles. The average molecular weight is 290 g/mol. The topological polar surface area (TPSA) is 37.3 Å². The van der Waals surface area contributed by atoms with Crippen molar-refractivity contribution in [2.75, 3.05) is 0 Å². The van der Waals surface area contributed by atoms with Crippen LogP contribution in [0.1, 0.15) is 15.3 Å². The van der Waals surface area contributed by atoms with Gasteiger partial charge < -0.3 is 5.11 Å². The number of thiophene rings is 1. The van der Waals surface area contributed by atoms with Crippen molar-refractivity contribution in [3.05, 3.63) is 57.8 Å². The molecule has 0 radical (unpaired) electrons. The Labute approximate surface area is 120 Å². The zero-order valence-electron chi connectivity index (χ0n) is 10.5. The molecule has 0 atom stereocenters. The van der Waals surface area contributed by atoms with Gasteiger partial charge in [0.2, 0.25) is 0 Å². The van der Waals surface area contributed by atoms with Crippen LogP contribution in [0.25, 0.3) is 6.08 Å². The predicted molar refractivity (Wildman–Crippen MR) is 81.7 cm³/mol. The van der Waals surface area contributed by atoms with E-state index in [4.69, 9.17) is 5.11 Å². The SMILES string of the molecule is Cc1cccc(SCc2ccc(C=CC(=O)O)s2)c1. The van der Waals surface area contributed by atoms with Crippen molar-refractivity contribution in [1.29, 1.82) is 0 Å². The molecule has 1 N–H and O–H groups in total. The Morgan fingerprint density at radius 3 is 2.95 bits per heavy atom. The van der Waals surface area contributed by atoms with E-state index >= 15 is 0 Å². The highest BCUT2D eigenvalue weighted by atomic mass is 32.2. The lowest BCUT2D eigenvalue weighted by molar-refractivity contribution is -0.131. The predicted octanol–water partition coefficient (Wildman–Crippen LogP) is 4.45. The molecule has 1 heterocycles. The summed E-state index contributed by atoms with van der Waals surface area (Å²) in [5, 5.41) is 8.57. The lowest BCUT2D eigenvalue weighted by atomic mass is 10.2. The molecule has 0 aliphatic carbocycles. The van der Waals surface area contributed by atoms with E-state index in [1.165, 1.54) is 21.4 Å². The zero-order valence-corrected chi connectivity index (χ0v) is 12.1. The summed E-state index contributed by atoms with van der Waals surface area (Å²) in [4.78, 5) is 13.9. The summed E-state index contributed by atoms with van der Waals surface area (Å²) in [6.07, 6.45) is 2.80. The number of thioether (sulfide) groups is 1. The third-order valence-corrected chi connectivity index (χ3v) is 4.72. The summed E-state index contributed by atoms with van der Waals surface area (Å²) < 4.78 is 0.